The molecule has 22 heavy (non-hydrogen) atoms. The Kier molecular flexibility index (Phi) is 3.20. The van der Waals surface area contributed by atoms with Gasteiger partial charge in [-0.2, -0.15) is 0 Å². The van der Waals surface area contributed by atoms with Crippen LogP contribution < -0.4 is 5.73 Å². The van der Waals surface area contributed by atoms with Crippen molar-refractivity contribution in [1.82, 2.24) is 19.5 Å². The normalized spacial score (nSPS) is 38.3. The molecule has 2 aromatic rings. The molecule has 1 unspecified atom stereocenters. The Balaban J connectivity index is 1.71. The van der Waals surface area contributed by atoms with Crippen molar-refractivity contribution in [2.75, 3.05) is 12.3 Å². The highest BCUT2D eigenvalue weighted by atomic mass is 32.5. The number of aliphatic hydroxyl groups excluding tert-OH is 1. The van der Waals surface area contributed by atoms with E-state index < -0.39 is 31.3 Å². The van der Waals surface area contributed by atoms with Crippen LogP contribution in [0.15, 0.2) is 12.7 Å². The van der Waals surface area contributed by atoms with Gasteiger partial charge in [-0.3, -0.25) is 9.09 Å². The van der Waals surface area contributed by atoms with Crippen LogP contribution in [0.3, 0.4) is 0 Å². The van der Waals surface area contributed by atoms with E-state index in [0.717, 1.165) is 0 Å². The molecule has 2 aliphatic heterocycles. The molecule has 4 N–H and O–H groups in total. The molecule has 0 spiro atoms. The third-order valence-corrected chi connectivity index (χ3v) is 5.19. The number of imidazole rings is 1. The summed E-state index contributed by atoms with van der Waals surface area (Å²) in [4.78, 5) is 21.8. The lowest BCUT2D eigenvalue weighted by atomic mass is 10.1. The minimum absolute atomic E-state index is 0.0513. The topological polar surface area (TPSA) is 138 Å². The van der Waals surface area contributed by atoms with Gasteiger partial charge in [-0.25, -0.2) is 15.0 Å². The quantitative estimate of drug-likeness (QED) is 0.569. The first-order valence-corrected chi connectivity index (χ1v) is 8.97. The Labute approximate surface area is 129 Å². The highest BCUT2D eigenvalue weighted by molar-refractivity contribution is 8.07. The molecule has 0 bridgehead atoms. The Morgan fingerprint density at radius 3 is 3.05 bits per heavy atom. The average molecular weight is 345 g/mol. The number of nitrogens with two attached hydrogens (primary N) is 1. The number of nitrogens with zero attached hydrogens (tertiary/aromatic N) is 4. The van der Waals surface area contributed by atoms with Gasteiger partial charge in [0.2, 0.25) is 0 Å². The zero-order chi connectivity index (χ0) is 15.5. The molecule has 10 nitrogen and oxygen atoms in total. The molecule has 5 atom stereocenters. The Bertz CT molecular complexity index is 786. The fraction of sp³-hybridized carbons (Fsp3) is 0.500. The van der Waals surface area contributed by atoms with Gasteiger partial charge in [0.15, 0.2) is 17.7 Å². The van der Waals surface area contributed by atoms with Gasteiger partial charge in [0, 0.05) is 0 Å². The minimum atomic E-state index is -3.33. The first-order valence-electron chi connectivity index (χ1n) is 6.38. The van der Waals surface area contributed by atoms with Crippen molar-refractivity contribution in [3.05, 3.63) is 12.7 Å². The second kappa shape index (κ2) is 4.90. The highest BCUT2D eigenvalue weighted by Gasteiger charge is 2.51. The van der Waals surface area contributed by atoms with E-state index >= 15 is 0 Å². The number of anilines is 1. The smallest absolute Gasteiger partial charge is 0.325 e. The number of fused-ring (bicyclic) bond motifs is 2. The lowest BCUT2D eigenvalue weighted by Crippen LogP contribution is -2.39. The molecular weight excluding hydrogens is 333 g/mol. The molecule has 4 rings (SSSR count). The summed E-state index contributed by atoms with van der Waals surface area (Å²) < 4.78 is 17.6. The van der Waals surface area contributed by atoms with Crippen molar-refractivity contribution < 1.29 is 23.8 Å². The molecule has 0 amide bonds. The van der Waals surface area contributed by atoms with Gasteiger partial charge < -0.3 is 25.0 Å². The van der Waals surface area contributed by atoms with Crippen molar-refractivity contribution >= 4 is 35.5 Å². The fourth-order valence-corrected chi connectivity index (χ4v) is 4.07. The van der Waals surface area contributed by atoms with Crippen LogP contribution in [0.5, 0.6) is 0 Å². The summed E-state index contributed by atoms with van der Waals surface area (Å²) in [5.74, 6) is 0.235. The lowest BCUT2D eigenvalue weighted by Gasteiger charge is -2.30. The first kappa shape index (κ1) is 14.4. The molecule has 0 aliphatic carbocycles. The van der Waals surface area contributed by atoms with Gasteiger partial charge in [0.05, 0.1) is 12.9 Å². The van der Waals surface area contributed by atoms with E-state index in [1.165, 1.54) is 12.7 Å². The maximum absolute atomic E-state index is 10.4. The molecule has 12 heteroatoms. The third kappa shape index (κ3) is 2.14. The second-order valence-electron chi connectivity index (χ2n) is 4.97. The summed E-state index contributed by atoms with van der Waals surface area (Å²) in [6.45, 7) is -3.28. The molecule has 118 valence electrons. The van der Waals surface area contributed by atoms with Crippen molar-refractivity contribution in [2.24, 2.45) is 0 Å². The van der Waals surface area contributed by atoms with E-state index in [1.807, 2.05) is 0 Å². The fourth-order valence-electron chi connectivity index (χ4n) is 2.62. The number of hydrogen-bond donors (Lipinski definition) is 3. The summed E-state index contributed by atoms with van der Waals surface area (Å²) in [6, 6.07) is 0. The predicted octanol–water partition coefficient (Wildman–Crippen LogP) is -0.701. The van der Waals surface area contributed by atoms with E-state index in [2.05, 4.69) is 15.0 Å². The third-order valence-electron chi connectivity index (χ3n) is 3.63. The van der Waals surface area contributed by atoms with Crippen LogP contribution in [0, 0.1) is 0 Å². The zero-order valence-electron chi connectivity index (χ0n) is 11.0. The van der Waals surface area contributed by atoms with E-state index in [4.69, 9.17) is 31.3 Å². The standard InChI is InChI=1S/C10H12N5O5PS/c11-8-5-9(13-2-12-8)15(3-14-5)10-6(16)7-4(19-10)1-18-21(17,22)20-7/h2-4,6-7,10,16H,1H2,(H,17,22)(H2,11,12,13)/t4-,6+,7+,10+,21?/m1/s1. The van der Waals surface area contributed by atoms with Crippen LogP contribution in [-0.2, 0) is 25.6 Å². The predicted molar refractivity (Wildman–Crippen MR) is 77.0 cm³/mol. The summed E-state index contributed by atoms with van der Waals surface area (Å²) in [7, 11) is 0. The molecule has 4 heterocycles. The van der Waals surface area contributed by atoms with Gasteiger partial charge in [-0.05, 0) is 11.8 Å². The first-order chi connectivity index (χ1) is 10.5. The van der Waals surface area contributed by atoms with Gasteiger partial charge >= 0.3 is 6.72 Å². The van der Waals surface area contributed by atoms with E-state index in [9.17, 15) is 10.00 Å². The summed E-state index contributed by atoms with van der Waals surface area (Å²) in [5.41, 5.74) is 6.58. The van der Waals surface area contributed by atoms with Crippen molar-refractivity contribution in [2.45, 2.75) is 24.5 Å². The Hall–Kier alpha value is -1.20. The average Bonchev–Trinajstić information content (AvgIpc) is 3.01. The van der Waals surface area contributed by atoms with Crippen molar-refractivity contribution in [3.63, 3.8) is 0 Å². The van der Waals surface area contributed by atoms with Gasteiger partial charge in [-0.15, -0.1) is 0 Å². The van der Waals surface area contributed by atoms with Crippen LogP contribution in [0.4, 0.5) is 5.82 Å². The van der Waals surface area contributed by atoms with Crippen molar-refractivity contribution in [1.29, 1.82) is 0 Å². The molecule has 2 aromatic heterocycles. The lowest BCUT2D eigenvalue weighted by molar-refractivity contribution is -0.0593. The maximum Gasteiger partial charge on any atom is 0.325 e. The largest absolute Gasteiger partial charge is 0.386 e. The number of aliphatic hydroxyl groups is 1. The molecule has 2 saturated heterocycles. The maximum atomic E-state index is 10.4. The second-order valence-corrected chi connectivity index (χ2v) is 7.76. The molecular formula is C10H12N5O5PS. The number of nitrogen functional groups attached to an aromatic ring is 1. The van der Waals surface area contributed by atoms with Crippen LogP contribution in [0.25, 0.3) is 11.2 Å². The van der Waals surface area contributed by atoms with Crippen LogP contribution in [0.1, 0.15) is 6.23 Å². The Morgan fingerprint density at radius 2 is 2.23 bits per heavy atom. The number of rotatable bonds is 1. The van der Waals surface area contributed by atoms with Crippen LogP contribution in [0.2, 0.25) is 0 Å². The number of hydrogen-bond acceptors (Lipinski definition) is 9. The Morgan fingerprint density at radius 1 is 1.41 bits per heavy atom. The minimum Gasteiger partial charge on any atom is -0.386 e. The molecule has 0 aromatic carbocycles. The summed E-state index contributed by atoms with van der Waals surface area (Å²) in [5, 5.41) is 10.4. The van der Waals surface area contributed by atoms with Crippen LogP contribution in [-0.4, -0.2) is 54.4 Å². The SMILES string of the molecule is Nc1ncnc2c1ncn2[C@H]1O[C@@H]2COP(O)(=S)O[C@@H]2[C@@H]1O. The molecule has 0 radical (unpaired) electrons. The summed E-state index contributed by atoms with van der Waals surface area (Å²) in [6.07, 6.45) is -0.414. The van der Waals surface area contributed by atoms with E-state index in [-0.39, 0.29) is 12.4 Å². The molecule has 2 fully saturated rings. The van der Waals surface area contributed by atoms with Crippen LogP contribution >= 0.6 is 6.72 Å². The zero-order valence-corrected chi connectivity index (χ0v) is 12.7. The van der Waals surface area contributed by atoms with Gasteiger partial charge in [0.25, 0.3) is 0 Å². The van der Waals surface area contributed by atoms with E-state index in [0.29, 0.717) is 11.2 Å². The monoisotopic (exact) mass is 345 g/mol. The van der Waals surface area contributed by atoms with Gasteiger partial charge in [0.1, 0.15) is 30.2 Å². The number of ether oxygens (including phenoxy) is 1. The van der Waals surface area contributed by atoms with E-state index in [1.54, 1.807) is 4.57 Å². The highest BCUT2D eigenvalue weighted by Crippen LogP contribution is 2.52. The molecule has 0 saturated carbocycles. The van der Waals surface area contributed by atoms with Crippen molar-refractivity contribution in [3.8, 4) is 0 Å². The molecule has 2 aliphatic rings. The van der Waals surface area contributed by atoms with Gasteiger partial charge in [-0.1, -0.05) is 0 Å². The summed E-state index contributed by atoms with van der Waals surface area (Å²) >= 11 is 4.80. The number of aromatic nitrogens is 4.